The zero-order valence-electron chi connectivity index (χ0n) is 14.4. The number of hydrogen-bond donors (Lipinski definition) is 1. The molecule has 1 amide bonds. The van der Waals surface area contributed by atoms with Gasteiger partial charge in [0, 0.05) is 24.4 Å². The summed E-state index contributed by atoms with van der Waals surface area (Å²) in [5, 5.41) is 2.35. The van der Waals surface area contributed by atoms with Gasteiger partial charge in [-0.25, -0.2) is 8.42 Å². The Labute approximate surface area is 163 Å². The van der Waals surface area contributed by atoms with Gasteiger partial charge < -0.3 is 14.8 Å². The minimum absolute atomic E-state index is 0.0320. The number of halogens is 3. The molecule has 0 atom stereocenters. The Kier molecular flexibility index (Phi) is 5.19. The van der Waals surface area contributed by atoms with Crippen molar-refractivity contribution in [3.8, 4) is 11.5 Å². The van der Waals surface area contributed by atoms with Crippen molar-refractivity contribution >= 4 is 33.2 Å². The van der Waals surface area contributed by atoms with Crippen molar-refractivity contribution in [2.45, 2.75) is 11.2 Å². The minimum atomic E-state index is -4.09. The van der Waals surface area contributed by atoms with Gasteiger partial charge in [0.05, 0.1) is 12.1 Å². The van der Waals surface area contributed by atoms with Crippen LogP contribution in [0.3, 0.4) is 0 Å². The molecule has 8 nitrogen and oxygen atoms in total. The number of sulfonamides is 1. The molecule has 1 heterocycles. The molecule has 0 saturated heterocycles. The number of ether oxygens (including phenoxy) is 2. The van der Waals surface area contributed by atoms with Gasteiger partial charge in [-0.1, -0.05) is 16.1 Å². The van der Waals surface area contributed by atoms with Crippen LogP contribution in [0.5, 0.6) is 11.5 Å². The van der Waals surface area contributed by atoms with Crippen molar-refractivity contribution < 1.29 is 36.3 Å². The second-order valence-electron chi connectivity index (χ2n) is 5.53. The van der Waals surface area contributed by atoms with E-state index in [9.17, 15) is 22.0 Å². The van der Waals surface area contributed by atoms with Crippen molar-refractivity contribution in [2.75, 3.05) is 19.5 Å². The summed E-state index contributed by atoms with van der Waals surface area (Å²) in [5.41, 5.74) is 0.105. The van der Waals surface area contributed by atoms with Crippen molar-refractivity contribution in [3.05, 3.63) is 47.0 Å². The molecule has 2 aromatic carbocycles. The molecule has 3 rings (SSSR count). The predicted molar refractivity (Wildman–Crippen MR) is 94.0 cm³/mol. The van der Waals surface area contributed by atoms with Crippen molar-refractivity contribution in [1.82, 2.24) is 4.47 Å². The number of hydroxylamine groups is 1. The fourth-order valence-electron chi connectivity index (χ4n) is 2.31. The van der Waals surface area contributed by atoms with E-state index in [-0.39, 0.29) is 32.7 Å². The number of alkyl halides is 2. The molecule has 0 aromatic heterocycles. The summed E-state index contributed by atoms with van der Waals surface area (Å²) in [6, 6.07) is 7.31. The summed E-state index contributed by atoms with van der Waals surface area (Å²) >= 11 is 5.94. The summed E-state index contributed by atoms with van der Waals surface area (Å²) in [4.78, 5) is 16.8. The quantitative estimate of drug-likeness (QED) is 0.727. The molecule has 0 radical (unpaired) electrons. The molecule has 0 aliphatic carbocycles. The zero-order valence-corrected chi connectivity index (χ0v) is 16.0. The third kappa shape index (κ3) is 3.87. The van der Waals surface area contributed by atoms with Crippen LogP contribution in [0.4, 0.5) is 14.5 Å². The van der Waals surface area contributed by atoms with Gasteiger partial charge >= 0.3 is 6.29 Å². The third-order valence-electron chi connectivity index (χ3n) is 3.73. The van der Waals surface area contributed by atoms with Crippen molar-refractivity contribution in [2.24, 2.45) is 0 Å². The normalized spacial score (nSPS) is 14.9. The van der Waals surface area contributed by atoms with E-state index < -0.39 is 22.2 Å². The maximum atomic E-state index is 13.1. The van der Waals surface area contributed by atoms with E-state index in [4.69, 9.17) is 11.6 Å². The average molecular weight is 435 g/mol. The molecule has 2 aromatic rings. The van der Waals surface area contributed by atoms with Crippen LogP contribution in [0.2, 0.25) is 5.02 Å². The minimum Gasteiger partial charge on any atom is -0.395 e. The van der Waals surface area contributed by atoms with Crippen LogP contribution in [0, 0.1) is 0 Å². The first-order valence-corrected chi connectivity index (χ1v) is 9.39. The Hall–Kier alpha value is -2.47. The molecule has 1 aliphatic rings. The molecule has 0 unspecified atom stereocenters. The van der Waals surface area contributed by atoms with Crippen molar-refractivity contribution in [3.63, 3.8) is 0 Å². The summed E-state index contributed by atoms with van der Waals surface area (Å²) in [6.07, 6.45) is -3.78. The maximum Gasteiger partial charge on any atom is 0.586 e. The summed E-state index contributed by atoms with van der Waals surface area (Å²) in [6.45, 7) is 0. The number of anilines is 1. The lowest BCUT2D eigenvalue weighted by Crippen LogP contribution is -2.26. The van der Waals surface area contributed by atoms with Gasteiger partial charge in [0.25, 0.3) is 15.9 Å². The van der Waals surface area contributed by atoms with Crippen LogP contribution in [0.15, 0.2) is 41.3 Å². The van der Waals surface area contributed by atoms with E-state index in [1.54, 1.807) is 0 Å². The Morgan fingerprint density at radius 2 is 1.86 bits per heavy atom. The molecule has 1 aliphatic heterocycles. The van der Waals surface area contributed by atoms with Crippen LogP contribution in [0.1, 0.15) is 10.4 Å². The summed E-state index contributed by atoms with van der Waals surface area (Å²) in [5.74, 6) is -1.12. The number of rotatable bonds is 5. The van der Waals surface area contributed by atoms with E-state index in [0.717, 1.165) is 19.2 Å². The molecule has 0 saturated carbocycles. The van der Waals surface area contributed by atoms with Crippen LogP contribution in [0.25, 0.3) is 0 Å². The summed E-state index contributed by atoms with van der Waals surface area (Å²) < 4.78 is 60.1. The molecule has 0 fully saturated rings. The number of amides is 1. The number of carbonyl (C=O) groups excluding carboxylic acids is 1. The Bertz CT molecular complexity index is 1050. The van der Waals surface area contributed by atoms with Crippen LogP contribution >= 0.6 is 11.6 Å². The Morgan fingerprint density at radius 1 is 1.18 bits per heavy atom. The van der Waals surface area contributed by atoms with Gasteiger partial charge in [-0.2, -0.15) is 0 Å². The van der Waals surface area contributed by atoms with Gasteiger partial charge in [0.1, 0.15) is 4.90 Å². The standard InChI is InChI=1S/C16H13ClF2N2O6S/c1-21(25-2)28(23,24)14-7-9(3-5-11(14)17)15(22)20-10-4-6-12-13(8-10)27-16(18,19)26-12/h3-8H,1-2H3,(H,20,22). The SMILES string of the molecule is CON(C)S(=O)(=O)c1cc(C(=O)Nc2ccc3c(c2)OC(F)(F)O3)ccc1Cl. The fourth-order valence-corrected chi connectivity index (χ4v) is 3.78. The first-order valence-electron chi connectivity index (χ1n) is 7.57. The first kappa shape index (κ1) is 20.3. The molecule has 150 valence electrons. The number of hydrogen-bond acceptors (Lipinski definition) is 6. The van der Waals surface area contributed by atoms with Gasteiger partial charge in [0.15, 0.2) is 11.5 Å². The topological polar surface area (TPSA) is 94.2 Å². The predicted octanol–water partition coefficient (Wildman–Crippen LogP) is 3.10. The highest BCUT2D eigenvalue weighted by molar-refractivity contribution is 7.89. The lowest BCUT2D eigenvalue weighted by Gasteiger charge is -2.16. The number of carbonyl (C=O) groups is 1. The molecule has 12 heteroatoms. The number of nitrogens with one attached hydrogen (secondary N) is 1. The second-order valence-corrected chi connectivity index (χ2v) is 7.84. The third-order valence-corrected chi connectivity index (χ3v) is 5.89. The highest BCUT2D eigenvalue weighted by Crippen LogP contribution is 2.42. The van der Waals surface area contributed by atoms with Gasteiger partial charge in [0.2, 0.25) is 0 Å². The average Bonchev–Trinajstić information content (AvgIpc) is 2.94. The molecule has 0 spiro atoms. The monoisotopic (exact) mass is 434 g/mol. The van der Waals surface area contributed by atoms with Crippen LogP contribution in [-0.2, 0) is 14.9 Å². The first-order chi connectivity index (χ1) is 13.0. The summed E-state index contributed by atoms with van der Waals surface area (Å²) in [7, 11) is -1.76. The molecule has 0 bridgehead atoms. The molecular weight excluding hydrogens is 422 g/mol. The second kappa shape index (κ2) is 7.17. The van der Waals surface area contributed by atoms with E-state index in [2.05, 4.69) is 19.6 Å². The van der Waals surface area contributed by atoms with Crippen LogP contribution in [-0.4, -0.2) is 39.2 Å². The Morgan fingerprint density at radius 3 is 2.54 bits per heavy atom. The Balaban J connectivity index is 1.86. The molecular formula is C16H13ClF2N2O6S. The maximum absolute atomic E-state index is 13.1. The lowest BCUT2D eigenvalue weighted by atomic mass is 10.2. The number of nitrogens with zero attached hydrogens (tertiary/aromatic N) is 1. The number of benzene rings is 2. The largest absolute Gasteiger partial charge is 0.586 e. The number of fused-ring (bicyclic) bond motifs is 1. The smallest absolute Gasteiger partial charge is 0.395 e. The zero-order chi connectivity index (χ0) is 20.7. The van der Waals surface area contributed by atoms with E-state index in [0.29, 0.717) is 4.47 Å². The highest BCUT2D eigenvalue weighted by atomic mass is 35.5. The van der Waals surface area contributed by atoms with E-state index >= 15 is 0 Å². The lowest BCUT2D eigenvalue weighted by molar-refractivity contribution is -0.286. The van der Waals surface area contributed by atoms with E-state index in [1.807, 2.05) is 0 Å². The molecule has 1 N–H and O–H groups in total. The fraction of sp³-hybridized carbons (Fsp3) is 0.188. The van der Waals surface area contributed by atoms with E-state index in [1.165, 1.54) is 31.3 Å². The molecule has 28 heavy (non-hydrogen) atoms. The van der Waals surface area contributed by atoms with Crippen molar-refractivity contribution in [1.29, 1.82) is 0 Å². The van der Waals surface area contributed by atoms with Gasteiger partial charge in [-0.3, -0.25) is 9.63 Å². The van der Waals surface area contributed by atoms with Crippen LogP contribution < -0.4 is 14.8 Å². The van der Waals surface area contributed by atoms with Gasteiger partial charge in [-0.15, -0.1) is 8.78 Å². The van der Waals surface area contributed by atoms with Gasteiger partial charge in [-0.05, 0) is 30.3 Å². The highest BCUT2D eigenvalue weighted by Gasteiger charge is 2.43.